The van der Waals surface area contributed by atoms with Crippen molar-refractivity contribution in [3.05, 3.63) is 58.1 Å². The lowest BCUT2D eigenvalue weighted by molar-refractivity contribution is -0.384. The van der Waals surface area contributed by atoms with Gasteiger partial charge in [0.15, 0.2) is 0 Å². The summed E-state index contributed by atoms with van der Waals surface area (Å²) in [5.74, 6) is 0. The van der Waals surface area contributed by atoms with Crippen molar-refractivity contribution in [1.29, 1.82) is 0 Å². The first-order chi connectivity index (χ1) is 14.2. The minimum atomic E-state index is -3.77. The van der Waals surface area contributed by atoms with Crippen LogP contribution in [0.5, 0.6) is 0 Å². The molecule has 1 fully saturated rings. The van der Waals surface area contributed by atoms with Crippen molar-refractivity contribution in [2.45, 2.75) is 16.3 Å². The van der Waals surface area contributed by atoms with E-state index in [0.29, 0.717) is 38.4 Å². The highest BCUT2D eigenvalue weighted by molar-refractivity contribution is 7.98. The second-order valence-electron chi connectivity index (χ2n) is 7.32. The number of rotatable bonds is 7. The second-order valence-corrected chi connectivity index (χ2v) is 10.1. The number of piperazine rings is 1. The molecule has 10 heteroatoms. The molecular weight excluding hydrogens is 424 g/mol. The van der Waals surface area contributed by atoms with Crippen molar-refractivity contribution >= 4 is 33.2 Å². The third kappa shape index (κ3) is 4.94. The van der Waals surface area contributed by atoms with Gasteiger partial charge in [-0.15, -0.1) is 11.8 Å². The minimum absolute atomic E-state index is 0.0415. The number of nitro benzene ring substituents is 1. The Hall–Kier alpha value is -2.14. The summed E-state index contributed by atoms with van der Waals surface area (Å²) in [6.07, 6.45) is 2.00. The molecule has 0 amide bonds. The maximum Gasteiger partial charge on any atom is 0.293 e. The van der Waals surface area contributed by atoms with E-state index in [4.69, 9.17) is 0 Å². The zero-order chi connectivity index (χ0) is 21.9. The normalized spacial score (nSPS) is 15.8. The Morgan fingerprint density at radius 1 is 1.10 bits per heavy atom. The van der Waals surface area contributed by atoms with Crippen molar-refractivity contribution in [1.82, 2.24) is 9.21 Å². The van der Waals surface area contributed by atoms with E-state index in [1.807, 2.05) is 37.6 Å². The molecule has 2 aromatic carbocycles. The SMILES string of the molecule is CSc1ccc(CN(C)c2ccc(S(=O)(=O)N3CCN(C)CC3)cc2[N+](=O)[O-])cc1. The van der Waals surface area contributed by atoms with Crippen LogP contribution in [0.1, 0.15) is 5.56 Å². The van der Waals surface area contributed by atoms with Gasteiger partial charge in [0, 0.05) is 50.7 Å². The molecule has 0 atom stereocenters. The Labute approximate surface area is 181 Å². The molecule has 3 rings (SSSR count). The molecule has 0 unspecified atom stereocenters. The van der Waals surface area contributed by atoms with Gasteiger partial charge in [-0.3, -0.25) is 10.1 Å². The Morgan fingerprint density at radius 3 is 2.30 bits per heavy atom. The summed E-state index contributed by atoms with van der Waals surface area (Å²) in [5, 5.41) is 11.7. The van der Waals surface area contributed by atoms with E-state index in [-0.39, 0.29) is 10.6 Å². The summed E-state index contributed by atoms with van der Waals surface area (Å²) >= 11 is 1.65. The Morgan fingerprint density at radius 2 is 1.73 bits per heavy atom. The van der Waals surface area contributed by atoms with Gasteiger partial charge in [-0.05, 0) is 43.1 Å². The summed E-state index contributed by atoms with van der Waals surface area (Å²) in [7, 11) is -0.0672. The number of hydrogen-bond donors (Lipinski definition) is 0. The molecule has 1 heterocycles. The fraction of sp³-hybridized carbons (Fsp3) is 0.400. The third-order valence-corrected chi connectivity index (χ3v) is 7.87. The van der Waals surface area contributed by atoms with Crippen molar-refractivity contribution < 1.29 is 13.3 Å². The van der Waals surface area contributed by atoms with Crippen LogP contribution in [-0.4, -0.2) is 69.1 Å². The number of thioether (sulfide) groups is 1. The summed E-state index contributed by atoms with van der Waals surface area (Å²) < 4.78 is 27.3. The lowest BCUT2D eigenvalue weighted by Gasteiger charge is -2.31. The average molecular weight is 451 g/mol. The first-order valence-electron chi connectivity index (χ1n) is 9.53. The average Bonchev–Trinajstić information content (AvgIpc) is 2.74. The van der Waals surface area contributed by atoms with Crippen LogP contribution in [0.2, 0.25) is 0 Å². The number of likely N-dealkylation sites (N-methyl/N-ethyl adjacent to an activating group) is 1. The molecule has 2 aromatic rings. The van der Waals surface area contributed by atoms with E-state index >= 15 is 0 Å². The Bertz CT molecular complexity index is 1000. The van der Waals surface area contributed by atoms with Gasteiger partial charge in [-0.1, -0.05) is 12.1 Å². The van der Waals surface area contributed by atoms with Crippen molar-refractivity contribution in [2.75, 3.05) is 51.4 Å². The largest absolute Gasteiger partial charge is 0.365 e. The molecule has 0 spiro atoms. The highest BCUT2D eigenvalue weighted by Crippen LogP contribution is 2.32. The number of sulfonamides is 1. The Kier molecular flexibility index (Phi) is 7.02. The topological polar surface area (TPSA) is 87.0 Å². The number of nitrogens with zero attached hydrogens (tertiary/aromatic N) is 4. The zero-order valence-corrected chi connectivity index (χ0v) is 18.9. The number of nitro groups is 1. The molecule has 1 aliphatic rings. The maximum atomic E-state index is 13.0. The number of benzene rings is 2. The molecule has 8 nitrogen and oxygen atoms in total. The summed E-state index contributed by atoms with van der Waals surface area (Å²) in [6, 6.07) is 12.2. The molecule has 1 saturated heterocycles. The predicted octanol–water partition coefficient (Wildman–Crippen LogP) is 2.89. The first-order valence-corrected chi connectivity index (χ1v) is 12.2. The number of anilines is 1. The van der Waals surface area contributed by atoms with E-state index in [1.165, 1.54) is 22.5 Å². The molecule has 30 heavy (non-hydrogen) atoms. The quantitative estimate of drug-likeness (QED) is 0.364. The molecule has 0 bridgehead atoms. The summed E-state index contributed by atoms with van der Waals surface area (Å²) in [6.45, 7) is 2.50. The van der Waals surface area contributed by atoms with Gasteiger partial charge >= 0.3 is 0 Å². The summed E-state index contributed by atoms with van der Waals surface area (Å²) in [4.78, 5) is 16.1. The maximum absolute atomic E-state index is 13.0. The zero-order valence-electron chi connectivity index (χ0n) is 17.3. The lowest BCUT2D eigenvalue weighted by atomic mass is 10.2. The van der Waals surface area contributed by atoms with Gasteiger partial charge in [0.2, 0.25) is 10.0 Å². The molecule has 0 saturated carbocycles. The minimum Gasteiger partial charge on any atom is -0.365 e. The van der Waals surface area contributed by atoms with Crippen LogP contribution in [-0.2, 0) is 16.6 Å². The highest BCUT2D eigenvalue weighted by atomic mass is 32.2. The van der Waals surface area contributed by atoms with Crippen molar-refractivity contribution in [3.63, 3.8) is 0 Å². The molecule has 0 aromatic heterocycles. The molecule has 0 aliphatic carbocycles. The van der Waals surface area contributed by atoms with Crippen LogP contribution in [0, 0.1) is 10.1 Å². The van der Waals surface area contributed by atoms with Gasteiger partial charge in [-0.2, -0.15) is 4.31 Å². The predicted molar refractivity (Wildman–Crippen MR) is 120 cm³/mol. The fourth-order valence-electron chi connectivity index (χ4n) is 3.40. The second kappa shape index (κ2) is 9.34. The van der Waals surface area contributed by atoms with Crippen LogP contribution >= 0.6 is 11.8 Å². The van der Waals surface area contributed by atoms with E-state index in [9.17, 15) is 18.5 Å². The standard InChI is InChI=1S/C20H26N4O4S2/c1-21-10-12-23(13-11-21)30(27,28)18-8-9-19(20(14-18)24(25)26)22(2)15-16-4-6-17(29-3)7-5-16/h4-9,14H,10-13,15H2,1-3H3. The van der Waals surface area contributed by atoms with Crippen molar-refractivity contribution in [3.8, 4) is 0 Å². The Balaban J connectivity index is 1.86. The van der Waals surface area contributed by atoms with Gasteiger partial charge in [0.25, 0.3) is 5.69 Å². The third-order valence-electron chi connectivity index (χ3n) is 5.23. The highest BCUT2D eigenvalue weighted by Gasteiger charge is 2.30. The van der Waals surface area contributed by atoms with E-state index < -0.39 is 14.9 Å². The first kappa shape index (κ1) is 22.5. The van der Waals surface area contributed by atoms with Crippen LogP contribution in [0.15, 0.2) is 52.3 Å². The van der Waals surface area contributed by atoms with E-state index in [0.717, 1.165) is 10.5 Å². The molecule has 1 aliphatic heterocycles. The molecule has 0 radical (unpaired) electrons. The lowest BCUT2D eigenvalue weighted by Crippen LogP contribution is -2.47. The van der Waals surface area contributed by atoms with E-state index in [2.05, 4.69) is 4.90 Å². The van der Waals surface area contributed by atoms with Crippen LogP contribution in [0.3, 0.4) is 0 Å². The smallest absolute Gasteiger partial charge is 0.293 e. The fourth-order valence-corrected chi connectivity index (χ4v) is 5.25. The van der Waals surface area contributed by atoms with Gasteiger partial charge in [0.1, 0.15) is 5.69 Å². The van der Waals surface area contributed by atoms with Crippen molar-refractivity contribution in [2.24, 2.45) is 0 Å². The monoisotopic (exact) mass is 450 g/mol. The van der Waals surface area contributed by atoms with Crippen LogP contribution < -0.4 is 4.90 Å². The van der Waals surface area contributed by atoms with E-state index in [1.54, 1.807) is 23.7 Å². The summed E-state index contributed by atoms with van der Waals surface area (Å²) in [5.41, 5.74) is 1.18. The van der Waals surface area contributed by atoms with Gasteiger partial charge in [0.05, 0.1) is 9.82 Å². The molecule has 0 N–H and O–H groups in total. The van der Waals surface area contributed by atoms with Crippen LogP contribution in [0.25, 0.3) is 0 Å². The molecular formula is C20H26N4O4S2. The number of hydrogen-bond acceptors (Lipinski definition) is 7. The van der Waals surface area contributed by atoms with Gasteiger partial charge in [-0.25, -0.2) is 8.42 Å². The van der Waals surface area contributed by atoms with Crippen LogP contribution in [0.4, 0.5) is 11.4 Å². The van der Waals surface area contributed by atoms with Gasteiger partial charge < -0.3 is 9.80 Å². The molecule has 162 valence electrons.